The number of aliphatic hydroxyl groups excluding tert-OH is 8. The molecule has 6 aromatic carbocycles. The van der Waals surface area contributed by atoms with E-state index in [1.807, 2.05) is 0 Å². The Morgan fingerprint density at radius 3 is 1.47 bits per heavy atom. The Labute approximate surface area is 440 Å². The Hall–Kier alpha value is -7.21. The van der Waals surface area contributed by atoms with Crippen LogP contribution in [0.1, 0.15) is 86.5 Å². The number of phenols is 6. The van der Waals surface area contributed by atoms with Gasteiger partial charge in [-0.3, -0.25) is 4.79 Å². The number of ketones is 1. The molecule has 3 aliphatic heterocycles. The molecule has 0 radical (unpaired) electrons. The zero-order chi connectivity index (χ0) is 54.8. The second kappa shape index (κ2) is 23.2. The van der Waals surface area contributed by atoms with Crippen LogP contribution >= 0.6 is 0 Å². The van der Waals surface area contributed by atoms with Gasteiger partial charge in [-0.15, -0.1) is 0 Å². The van der Waals surface area contributed by atoms with Crippen molar-refractivity contribution in [2.75, 3.05) is 13.2 Å². The highest BCUT2D eigenvalue weighted by Gasteiger charge is 2.47. The summed E-state index contributed by atoms with van der Waals surface area (Å²) in [4.78, 5) is 14.9. The van der Waals surface area contributed by atoms with Crippen LogP contribution in [-0.4, -0.2) is 152 Å². The summed E-state index contributed by atoms with van der Waals surface area (Å²) >= 11 is 0. The molecule has 20 nitrogen and oxygen atoms in total. The molecule has 3 aliphatic rings. The number of aliphatic hydroxyl groups is 8. The lowest BCUT2D eigenvalue weighted by Crippen LogP contribution is -2.60. The first-order chi connectivity index (χ1) is 36.9. The van der Waals surface area contributed by atoms with Gasteiger partial charge in [0.1, 0.15) is 95.2 Å². The van der Waals surface area contributed by atoms with Gasteiger partial charge in [-0.1, -0.05) is 48.5 Å². The van der Waals surface area contributed by atoms with Gasteiger partial charge in [0, 0.05) is 40.7 Å². The number of benzene rings is 6. The third-order valence-corrected chi connectivity index (χ3v) is 14.5. The van der Waals surface area contributed by atoms with Crippen molar-refractivity contribution >= 4 is 5.78 Å². The van der Waals surface area contributed by atoms with E-state index in [9.17, 15) is 76.3 Å². The SMILES string of the molecule is O=C1C[C@@H](c2ccc(O)c(O)c2)Oc2c1cc([C@H](CCc1ccc(O)cc1)c1ccc(O)cc1O[C@@H]1O[C@H](CO)[C@@H](O)[C@H](O)[C@H]1O)cc2[C@@H](CCc1ccc(O)cc1)c1ccc(O)cc1O[C@@H]1O[C@H](CO)[C@@H](O)[C@H](O)[C@H]1O. The zero-order valence-corrected chi connectivity index (χ0v) is 41.1. The minimum absolute atomic E-state index is 0.0153. The van der Waals surface area contributed by atoms with Crippen molar-refractivity contribution in [2.24, 2.45) is 0 Å². The molecule has 0 unspecified atom stereocenters. The van der Waals surface area contributed by atoms with Gasteiger partial charge in [-0.2, -0.15) is 0 Å². The number of aromatic hydroxyl groups is 6. The lowest BCUT2D eigenvalue weighted by molar-refractivity contribution is -0.277. The smallest absolute Gasteiger partial charge is 0.229 e. The van der Waals surface area contributed by atoms with Crippen LogP contribution in [0.2, 0.25) is 0 Å². The lowest BCUT2D eigenvalue weighted by atomic mass is 9.78. The van der Waals surface area contributed by atoms with E-state index >= 15 is 0 Å². The standard InChI is InChI=1S/C57H60O20/c58-25-47-49(67)51(69)53(71)56(76-47)74-45-22-33(62)12-16-37(45)35(14-5-27-1-8-31(60)9-2-27)30-19-39(55-40(20-30)42(65)24-44(73-55)29-7-18-41(64)43(66)21-29)36(15-6-28-3-10-32(61)11-4-28)38-17-13-34(63)23-46(38)75-57-54(72)52(70)50(68)48(26-59)77-57/h1-4,7-13,16-23,35-36,44,47-54,56-64,66-72H,5-6,14-15,24-26H2/t35-,36-,44-,47+,48+,49+,50+,51-,52-,53+,54+,56+,57+/m0/s1. The van der Waals surface area contributed by atoms with E-state index < -0.39 is 110 Å². The Morgan fingerprint density at radius 2 is 0.974 bits per heavy atom. The molecule has 0 saturated carbocycles. The van der Waals surface area contributed by atoms with Crippen molar-refractivity contribution in [1.82, 2.24) is 0 Å². The number of carbonyl (C=O) groups excluding carboxylic acids is 1. The van der Waals surface area contributed by atoms with Crippen LogP contribution in [-0.2, 0) is 22.3 Å². The largest absolute Gasteiger partial charge is 0.508 e. The number of rotatable bonds is 17. The van der Waals surface area contributed by atoms with Gasteiger partial charge in [-0.05, 0) is 103 Å². The molecule has 408 valence electrons. The number of hydrogen-bond donors (Lipinski definition) is 14. The number of ether oxygens (including phenoxy) is 5. The van der Waals surface area contributed by atoms with Gasteiger partial charge < -0.3 is 95.2 Å². The fourth-order valence-corrected chi connectivity index (χ4v) is 10.2. The van der Waals surface area contributed by atoms with Gasteiger partial charge in [0.15, 0.2) is 17.3 Å². The highest BCUT2D eigenvalue weighted by Crippen LogP contribution is 2.50. The average molecular weight is 1070 g/mol. The topological polar surface area (TPSA) is 346 Å². The molecule has 0 aromatic heterocycles. The summed E-state index contributed by atoms with van der Waals surface area (Å²) in [5, 5.41) is 148. The van der Waals surface area contributed by atoms with Crippen LogP contribution < -0.4 is 14.2 Å². The summed E-state index contributed by atoms with van der Waals surface area (Å²) in [6.45, 7) is -1.51. The molecule has 2 saturated heterocycles. The molecule has 0 amide bonds. The molecule has 2 fully saturated rings. The van der Waals surface area contributed by atoms with Crippen LogP contribution in [0.4, 0.5) is 0 Å². The zero-order valence-electron chi connectivity index (χ0n) is 41.1. The summed E-state index contributed by atoms with van der Waals surface area (Å²) in [5.74, 6) is -3.60. The van der Waals surface area contributed by atoms with Crippen LogP contribution in [0.5, 0.6) is 51.7 Å². The van der Waals surface area contributed by atoms with Crippen LogP contribution in [0.25, 0.3) is 0 Å². The number of hydrogen-bond acceptors (Lipinski definition) is 20. The third kappa shape index (κ3) is 11.7. The number of Topliss-reactive ketones (excluding diaryl/α,β-unsaturated/α-hetero) is 1. The Balaban J connectivity index is 1.25. The molecule has 14 N–H and O–H groups in total. The van der Waals surface area contributed by atoms with E-state index in [1.54, 1.807) is 48.5 Å². The number of phenolic OH excluding ortho intramolecular Hbond substituents is 6. The fraction of sp³-hybridized carbons (Fsp3) is 0.351. The molecule has 6 aromatic rings. The van der Waals surface area contributed by atoms with Gasteiger partial charge in [0.05, 0.1) is 25.2 Å². The molecule has 77 heavy (non-hydrogen) atoms. The maximum absolute atomic E-state index is 14.9. The molecule has 20 heteroatoms. The number of carbonyl (C=O) groups is 1. The molecule has 0 bridgehead atoms. The first-order valence-electron chi connectivity index (χ1n) is 25.0. The van der Waals surface area contributed by atoms with Gasteiger partial charge in [0.2, 0.25) is 12.6 Å². The summed E-state index contributed by atoms with van der Waals surface area (Å²) in [6.07, 6.45) is -17.1. The van der Waals surface area contributed by atoms with E-state index in [-0.39, 0.29) is 71.5 Å². The van der Waals surface area contributed by atoms with Crippen molar-refractivity contribution in [2.45, 2.75) is 111 Å². The summed E-state index contributed by atoms with van der Waals surface area (Å²) < 4.78 is 31.0. The average Bonchev–Trinajstić information content (AvgIpc) is 3.43. The molecule has 9 rings (SSSR count). The quantitative estimate of drug-likeness (QED) is 0.0581. The van der Waals surface area contributed by atoms with Gasteiger partial charge in [0.25, 0.3) is 0 Å². The molecule has 0 aliphatic carbocycles. The normalized spacial score (nSPS) is 26.0. The maximum atomic E-state index is 14.9. The number of fused-ring (bicyclic) bond motifs is 1. The van der Waals surface area contributed by atoms with E-state index in [0.717, 1.165) is 11.1 Å². The lowest BCUT2D eigenvalue weighted by Gasteiger charge is -2.40. The first kappa shape index (κ1) is 54.6. The Bertz CT molecular complexity index is 3020. The van der Waals surface area contributed by atoms with Crippen LogP contribution in [0, 0.1) is 0 Å². The van der Waals surface area contributed by atoms with E-state index in [0.29, 0.717) is 34.2 Å². The second-order valence-corrected chi connectivity index (χ2v) is 19.6. The van der Waals surface area contributed by atoms with E-state index in [2.05, 4.69) is 0 Å². The van der Waals surface area contributed by atoms with Crippen molar-refractivity contribution in [3.8, 4) is 51.7 Å². The minimum Gasteiger partial charge on any atom is -0.508 e. The van der Waals surface area contributed by atoms with Crippen molar-refractivity contribution in [1.29, 1.82) is 0 Å². The highest BCUT2D eigenvalue weighted by atomic mass is 16.7. The maximum Gasteiger partial charge on any atom is 0.229 e. The molecular weight excluding hydrogens is 1000 g/mol. The number of aryl methyl sites for hydroxylation is 2. The minimum atomic E-state index is -1.86. The molecular formula is C57H60O20. The van der Waals surface area contributed by atoms with Crippen molar-refractivity contribution in [3.05, 3.63) is 160 Å². The summed E-state index contributed by atoms with van der Waals surface area (Å²) in [6, 6.07) is 28.8. The van der Waals surface area contributed by atoms with Crippen LogP contribution in [0.15, 0.2) is 115 Å². The van der Waals surface area contributed by atoms with Gasteiger partial charge in [-0.25, -0.2) is 0 Å². The van der Waals surface area contributed by atoms with E-state index in [1.165, 1.54) is 66.7 Å². The molecule has 3 heterocycles. The Morgan fingerprint density at radius 1 is 0.494 bits per heavy atom. The predicted octanol–water partition coefficient (Wildman–Crippen LogP) is 3.51. The molecule has 0 spiro atoms. The summed E-state index contributed by atoms with van der Waals surface area (Å²) in [5.41, 5.74) is 3.48. The highest BCUT2D eigenvalue weighted by molar-refractivity contribution is 6.01. The van der Waals surface area contributed by atoms with E-state index in [4.69, 9.17) is 23.7 Å². The fourth-order valence-electron chi connectivity index (χ4n) is 10.2. The Kier molecular flexibility index (Phi) is 16.4. The monoisotopic (exact) mass is 1060 g/mol. The second-order valence-electron chi connectivity index (χ2n) is 19.6. The van der Waals surface area contributed by atoms with Crippen LogP contribution in [0.3, 0.4) is 0 Å². The summed E-state index contributed by atoms with van der Waals surface area (Å²) in [7, 11) is 0. The van der Waals surface area contributed by atoms with Crippen molar-refractivity contribution in [3.63, 3.8) is 0 Å². The van der Waals surface area contributed by atoms with Crippen molar-refractivity contribution < 1.29 is 100.0 Å². The van der Waals surface area contributed by atoms with Gasteiger partial charge >= 0.3 is 0 Å². The molecule has 13 atom stereocenters. The third-order valence-electron chi connectivity index (χ3n) is 14.5. The predicted molar refractivity (Wildman–Crippen MR) is 270 cm³/mol. The first-order valence-corrected chi connectivity index (χ1v) is 25.0.